The zero-order chi connectivity index (χ0) is 9.59. The van der Waals surface area contributed by atoms with E-state index in [9.17, 15) is 4.79 Å². The molecule has 0 saturated carbocycles. The molecule has 0 bridgehead atoms. The third-order valence-corrected chi connectivity index (χ3v) is 2.66. The first-order valence-corrected chi connectivity index (χ1v) is 4.74. The molecule has 0 saturated heterocycles. The van der Waals surface area contributed by atoms with Crippen LogP contribution >= 0.6 is 15.9 Å². The van der Waals surface area contributed by atoms with E-state index in [4.69, 9.17) is 5.84 Å². The number of rotatable bonds is 0. The van der Waals surface area contributed by atoms with Crippen molar-refractivity contribution >= 4 is 21.8 Å². The first-order valence-electron chi connectivity index (χ1n) is 3.95. The van der Waals surface area contributed by atoms with E-state index in [2.05, 4.69) is 15.9 Å². The summed E-state index contributed by atoms with van der Waals surface area (Å²) in [7, 11) is 0. The van der Waals surface area contributed by atoms with Gasteiger partial charge < -0.3 is 0 Å². The van der Waals surface area contributed by atoms with E-state index >= 15 is 0 Å². The van der Waals surface area contributed by atoms with Crippen molar-refractivity contribution in [3.05, 3.63) is 33.3 Å². The van der Waals surface area contributed by atoms with E-state index in [0.29, 0.717) is 6.54 Å². The molecule has 0 aliphatic carbocycles. The van der Waals surface area contributed by atoms with Crippen molar-refractivity contribution in [1.82, 2.24) is 5.01 Å². The standard InChI is InChI=1S/C9H9BrN2O/c1-5-2-7(10)3-6-4-12(11)9(13)8(5)6/h2-3H,4,11H2,1H3. The highest BCUT2D eigenvalue weighted by Gasteiger charge is 2.26. The van der Waals surface area contributed by atoms with Gasteiger partial charge in [0.15, 0.2) is 0 Å². The van der Waals surface area contributed by atoms with Crippen molar-refractivity contribution in [1.29, 1.82) is 0 Å². The second kappa shape index (κ2) is 2.82. The number of aryl methyl sites for hydroxylation is 1. The highest BCUT2D eigenvalue weighted by atomic mass is 79.9. The number of fused-ring (bicyclic) bond motifs is 1. The van der Waals surface area contributed by atoms with Crippen LogP contribution in [0, 0.1) is 6.92 Å². The lowest BCUT2D eigenvalue weighted by atomic mass is 10.0. The molecule has 1 aromatic rings. The number of benzene rings is 1. The molecule has 0 aromatic heterocycles. The van der Waals surface area contributed by atoms with Crippen LogP contribution in [0.3, 0.4) is 0 Å². The van der Waals surface area contributed by atoms with Crippen LogP contribution in [-0.2, 0) is 6.54 Å². The number of hydrazine groups is 1. The Morgan fingerprint density at radius 1 is 1.54 bits per heavy atom. The van der Waals surface area contributed by atoms with Gasteiger partial charge in [0.25, 0.3) is 5.91 Å². The zero-order valence-corrected chi connectivity index (χ0v) is 8.76. The lowest BCUT2D eigenvalue weighted by Crippen LogP contribution is -2.30. The number of carbonyl (C=O) groups is 1. The summed E-state index contributed by atoms with van der Waals surface area (Å²) in [6.45, 7) is 2.43. The number of nitrogens with zero attached hydrogens (tertiary/aromatic N) is 1. The molecular formula is C9H9BrN2O. The Hall–Kier alpha value is -0.870. The zero-order valence-electron chi connectivity index (χ0n) is 7.17. The van der Waals surface area contributed by atoms with E-state index in [-0.39, 0.29) is 5.91 Å². The van der Waals surface area contributed by atoms with Gasteiger partial charge in [-0.15, -0.1) is 0 Å². The van der Waals surface area contributed by atoms with Crippen LogP contribution in [0.5, 0.6) is 0 Å². The minimum Gasteiger partial charge on any atom is -0.272 e. The lowest BCUT2D eigenvalue weighted by molar-refractivity contribution is 0.0778. The molecule has 68 valence electrons. The number of carbonyl (C=O) groups excluding carboxylic acids is 1. The van der Waals surface area contributed by atoms with Gasteiger partial charge in [-0.05, 0) is 30.2 Å². The Balaban J connectivity index is 2.64. The maximum absolute atomic E-state index is 11.5. The van der Waals surface area contributed by atoms with E-state index in [1.54, 1.807) is 0 Å². The van der Waals surface area contributed by atoms with Gasteiger partial charge in [0.2, 0.25) is 0 Å². The Bertz CT molecular complexity index is 389. The normalized spacial score (nSPS) is 15.0. The van der Waals surface area contributed by atoms with Crippen molar-refractivity contribution in [3.63, 3.8) is 0 Å². The van der Waals surface area contributed by atoms with Gasteiger partial charge in [0, 0.05) is 10.0 Å². The maximum Gasteiger partial charge on any atom is 0.268 e. The fraction of sp³-hybridized carbons (Fsp3) is 0.222. The molecule has 2 N–H and O–H groups in total. The van der Waals surface area contributed by atoms with Crippen LogP contribution in [0.15, 0.2) is 16.6 Å². The highest BCUT2D eigenvalue weighted by molar-refractivity contribution is 9.10. The van der Waals surface area contributed by atoms with Crippen LogP contribution in [0.2, 0.25) is 0 Å². The highest BCUT2D eigenvalue weighted by Crippen LogP contribution is 2.27. The monoisotopic (exact) mass is 240 g/mol. The fourth-order valence-corrected chi connectivity index (χ4v) is 2.26. The number of amides is 1. The van der Waals surface area contributed by atoms with Crippen molar-refractivity contribution in [2.45, 2.75) is 13.5 Å². The quantitative estimate of drug-likeness (QED) is 0.553. The minimum atomic E-state index is -0.0833. The summed E-state index contributed by atoms with van der Waals surface area (Å²) in [5.74, 6) is 5.43. The SMILES string of the molecule is Cc1cc(Br)cc2c1C(=O)N(N)C2. The number of hydrogen-bond acceptors (Lipinski definition) is 2. The summed E-state index contributed by atoms with van der Waals surface area (Å²) in [6.07, 6.45) is 0. The van der Waals surface area contributed by atoms with E-state index in [1.165, 1.54) is 5.01 Å². The molecule has 3 nitrogen and oxygen atoms in total. The first kappa shape index (κ1) is 8.72. The molecule has 1 aliphatic heterocycles. The summed E-state index contributed by atoms with van der Waals surface area (Å²) >= 11 is 3.38. The van der Waals surface area contributed by atoms with Gasteiger partial charge >= 0.3 is 0 Å². The van der Waals surface area contributed by atoms with Crippen LogP contribution < -0.4 is 5.84 Å². The molecule has 1 heterocycles. The summed E-state index contributed by atoms with van der Waals surface area (Å²) in [6, 6.07) is 3.86. The van der Waals surface area contributed by atoms with Gasteiger partial charge in [-0.3, -0.25) is 9.80 Å². The van der Waals surface area contributed by atoms with Crippen molar-refractivity contribution < 1.29 is 4.79 Å². The van der Waals surface area contributed by atoms with Crippen molar-refractivity contribution in [2.24, 2.45) is 5.84 Å². The molecule has 0 unspecified atom stereocenters. The van der Waals surface area contributed by atoms with E-state index < -0.39 is 0 Å². The molecule has 0 radical (unpaired) electrons. The molecule has 2 rings (SSSR count). The van der Waals surface area contributed by atoms with Gasteiger partial charge in [-0.25, -0.2) is 5.84 Å². The lowest BCUT2D eigenvalue weighted by Gasteiger charge is -2.04. The molecule has 0 fully saturated rings. The number of nitrogens with two attached hydrogens (primary N) is 1. The van der Waals surface area contributed by atoms with Crippen LogP contribution in [0.25, 0.3) is 0 Å². The fourth-order valence-electron chi connectivity index (χ4n) is 1.64. The summed E-state index contributed by atoms with van der Waals surface area (Å²) in [5, 5.41) is 1.24. The molecular weight excluding hydrogens is 232 g/mol. The van der Waals surface area contributed by atoms with Crippen molar-refractivity contribution in [2.75, 3.05) is 0 Å². The van der Waals surface area contributed by atoms with Gasteiger partial charge in [-0.2, -0.15) is 0 Å². The van der Waals surface area contributed by atoms with E-state index in [0.717, 1.165) is 21.2 Å². The third kappa shape index (κ3) is 1.26. The molecule has 13 heavy (non-hydrogen) atoms. The minimum absolute atomic E-state index is 0.0833. The second-order valence-corrected chi connectivity index (χ2v) is 4.11. The van der Waals surface area contributed by atoms with Crippen LogP contribution in [-0.4, -0.2) is 10.9 Å². The molecule has 0 spiro atoms. The predicted molar refractivity (Wildman–Crippen MR) is 52.9 cm³/mol. The summed E-state index contributed by atoms with van der Waals surface area (Å²) in [5.41, 5.74) is 2.73. The number of halogens is 1. The summed E-state index contributed by atoms with van der Waals surface area (Å²) < 4.78 is 0.992. The van der Waals surface area contributed by atoms with Crippen LogP contribution in [0.4, 0.5) is 0 Å². The Labute approximate surface area is 84.6 Å². The second-order valence-electron chi connectivity index (χ2n) is 3.19. The average Bonchev–Trinajstić information content (AvgIpc) is 2.27. The molecule has 1 aromatic carbocycles. The average molecular weight is 241 g/mol. The smallest absolute Gasteiger partial charge is 0.268 e. The topological polar surface area (TPSA) is 46.3 Å². The molecule has 1 aliphatic rings. The first-order chi connectivity index (χ1) is 6.09. The van der Waals surface area contributed by atoms with Gasteiger partial charge in [0.1, 0.15) is 0 Å². The summed E-state index contributed by atoms with van der Waals surface area (Å²) in [4.78, 5) is 11.5. The van der Waals surface area contributed by atoms with Gasteiger partial charge in [0.05, 0.1) is 6.54 Å². The predicted octanol–water partition coefficient (Wildman–Crippen LogP) is 1.59. The molecule has 1 amide bonds. The molecule has 4 heteroatoms. The van der Waals surface area contributed by atoms with Crippen LogP contribution in [0.1, 0.15) is 21.5 Å². The maximum atomic E-state index is 11.5. The van der Waals surface area contributed by atoms with E-state index in [1.807, 2.05) is 19.1 Å². The third-order valence-electron chi connectivity index (χ3n) is 2.20. The Kier molecular flexibility index (Phi) is 1.89. The Morgan fingerprint density at radius 2 is 2.23 bits per heavy atom. The van der Waals surface area contributed by atoms with Crippen molar-refractivity contribution in [3.8, 4) is 0 Å². The van der Waals surface area contributed by atoms with Gasteiger partial charge in [-0.1, -0.05) is 15.9 Å². The number of hydrogen-bond donors (Lipinski definition) is 1. The largest absolute Gasteiger partial charge is 0.272 e. The Morgan fingerprint density at radius 3 is 2.92 bits per heavy atom. The molecule has 0 atom stereocenters.